The summed E-state index contributed by atoms with van der Waals surface area (Å²) in [5.41, 5.74) is 7.91. The summed E-state index contributed by atoms with van der Waals surface area (Å²) in [7, 11) is 0. The van der Waals surface area contributed by atoms with Crippen LogP contribution in [0.1, 0.15) is 55.2 Å². The summed E-state index contributed by atoms with van der Waals surface area (Å²) in [5, 5.41) is 6.68. The van der Waals surface area contributed by atoms with Gasteiger partial charge in [-0.05, 0) is 55.2 Å². The molecule has 29 heavy (non-hydrogen) atoms. The van der Waals surface area contributed by atoms with Crippen LogP contribution in [0.2, 0.25) is 0 Å². The van der Waals surface area contributed by atoms with E-state index in [-0.39, 0.29) is 6.04 Å². The molecule has 1 amide bonds. The summed E-state index contributed by atoms with van der Waals surface area (Å²) in [6, 6.07) is 15.4. The molecule has 0 bridgehead atoms. The first-order chi connectivity index (χ1) is 13.9. The highest BCUT2D eigenvalue weighted by molar-refractivity contribution is 5.92. The molecular formula is C23H32N4O2. The van der Waals surface area contributed by atoms with Gasteiger partial charge in [-0.15, -0.1) is 0 Å². The van der Waals surface area contributed by atoms with E-state index in [1.54, 1.807) is 12.1 Å². The van der Waals surface area contributed by atoms with Gasteiger partial charge in [0.25, 0.3) is 0 Å². The van der Waals surface area contributed by atoms with Crippen molar-refractivity contribution in [3.05, 3.63) is 65.2 Å². The van der Waals surface area contributed by atoms with Crippen molar-refractivity contribution in [1.29, 1.82) is 0 Å². The van der Waals surface area contributed by atoms with Gasteiger partial charge in [-0.25, -0.2) is 4.99 Å². The maximum atomic E-state index is 11.3. The summed E-state index contributed by atoms with van der Waals surface area (Å²) in [5.74, 6) is 1.65. The topological polar surface area (TPSA) is 88.7 Å². The Balaban J connectivity index is 2.02. The molecule has 2 rings (SSSR count). The molecule has 0 spiro atoms. The lowest BCUT2D eigenvalue weighted by Gasteiger charge is -2.19. The van der Waals surface area contributed by atoms with Crippen LogP contribution in [0.3, 0.4) is 0 Å². The van der Waals surface area contributed by atoms with Gasteiger partial charge in [0, 0.05) is 12.1 Å². The van der Waals surface area contributed by atoms with Crippen LogP contribution in [0.4, 0.5) is 0 Å². The Hall–Kier alpha value is -3.02. The van der Waals surface area contributed by atoms with E-state index in [0.29, 0.717) is 30.6 Å². The van der Waals surface area contributed by atoms with Crippen LogP contribution >= 0.6 is 0 Å². The van der Waals surface area contributed by atoms with Gasteiger partial charge in [-0.1, -0.05) is 38.1 Å². The highest BCUT2D eigenvalue weighted by Gasteiger charge is 2.09. The molecule has 0 fully saturated rings. The molecule has 0 saturated heterocycles. The van der Waals surface area contributed by atoms with Gasteiger partial charge in [-0.2, -0.15) is 0 Å². The molecule has 0 aliphatic heterocycles. The normalized spacial score (nSPS) is 12.5. The first kappa shape index (κ1) is 22.3. The number of benzene rings is 2. The number of amides is 1. The summed E-state index contributed by atoms with van der Waals surface area (Å²) < 4.78 is 5.75. The first-order valence-corrected chi connectivity index (χ1v) is 10.1. The van der Waals surface area contributed by atoms with E-state index in [9.17, 15) is 4.79 Å². The molecule has 0 saturated carbocycles. The number of rotatable bonds is 9. The predicted molar refractivity (Wildman–Crippen MR) is 118 cm³/mol. The Morgan fingerprint density at radius 3 is 2.48 bits per heavy atom. The lowest BCUT2D eigenvalue weighted by Crippen LogP contribution is -2.38. The van der Waals surface area contributed by atoms with Gasteiger partial charge in [0.2, 0.25) is 5.91 Å². The van der Waals surface area contributed by atoms with Gasteiger partial charge in [0.15, 0.2) is 5.96 Å². The Kier molecular flexibility index (Phi) is 8.52. The number of hydrogen-bond acceptors (Lipinski definition) is 3. The second kappa shape index (κ2) is 11.1. The molecule has 4 N–H and O–H groups in total. The maximum absolute atomic E-state index is 11.3. The number of carbonyl (C=O) groups is 1. The number of guanidine groups is 1. The number of nitrogens with one attached hydrogen (secondary N) is 2. The van der Waals surface area contributed by atoms with Crippen molar-refractivity contribution in [2.75, 3.05) is 13.2 Å². The zero-order valence-corrected chi connectivity index (χ0v) is 17.7. The van der Waals surface area contributed by atoms with Gasteiger partial charge < -0.3 is 21.1 Å². The van der Waals surface area contributed by atoms with Crippen molar-refractivity contribution < 1.29 is 9.53 Å². The van der Waals surface area contributed by atoms with Crippen molar-refractivity contribution in [2.24, 2.45) is 16.6 Å². The molecular weight excluding hydrogens is 364 g/mol. The molecule has 2 aromatic rings. The highest BCUT2D eigenvalue weighted by atomic mass is 16.5. The van der Waals surface area contributed by atoms with E-state index in [2.05, 4.69) is 48.5 Å². The van der Waals surface area contributed by atoms with Crippen LogP contribution < -0.4 is 21.1 Å². The summed E-state index contributed by atoms with van der Waals surface area (Å²) in [6.45, 7) is 10.3. The smallest absolute Gasteiger partial charge is 0.248 e. The zero-order valence-electron chi connectivity index (χ0n) is 17.7. The Labute approximate surface area is 173 Å². The number of primary amides is 1. The number of ether oxygens (including phenoxy) is 1. The van der Waals surface area contributed by atoms with Crippen LogP contribution in [0, 0.1) is 5.92 Å². The lowest BCUT2D eigenvalue weighted by atomic mass is 10.1. The number of carbonyl (C=O) groups excluding carboxylic acids is 1. The van der Waals surface area contributed by atoms with Crippen molar-refractivity contribution in [1.82, 2.24) is 10.6 Å². The lowest BCUT2D eigenvalue weighted by molar-refractivity contribution is 0.1000. The fourth-order valence-electron chi connectivity index (χ4n) is 2.72. The quantitative estimate of drug-likeness (QED) is 0.446. The monoisotopic (exact) mass is 396 g/mol. The highest BCUT2D eigenvalue weighted by Crippen LogP contribution is 2.18. The van der Waals surface area contributed by atoms with Crippen LogP contribution in [0.15, 0.2) is 53.5 Å². The molecule has 0 aliphatic carbocycles. The SMILES string of the molecule is CCNC(=NCc1cccc(C(N)=O)c1)NC(C)c1ccc(OCC(C)C)cc1. The van der Waals surface area contributed by atoms with Gasteiger partial charge in [0.05, 0.1) is 19.2 Å². The number of nitrogens with zero attached hydrogens (tertiary/aromatic N) is 1. The third-order valence-corrected chi connectivity index (χ3v) is 4.29. The zero-order chi connectivity index (χ0) is 21.2. The van der Waals surface area contributed by atoms with Crippen LogP contribution in [-0.2, 0) is 6.54 Å². The summed E-state index contributed by atoms with van der Waals surface area (Å²) in [4.78, 5) is 16.0. The second-order valence-corrected chi connectivity index (χ2v) is 7.40. The fraction of sp³-hybridized carbons (Fsp3) is 0.391. The van der Waals surface area contributed by atoms with Gasteiger partial charge in [-0.3, -0.25) is 4.79 Å². The van der Waals surface area contributed by atoms with Crippen molar-refractivity contribution in [3.63, 3.8) is 0 Å². The first-order valence-electron chi connectivity index (χ1n) is 10.1. The molecule has 6 nitrogen and oxygen atoms in total. The Morgan fingerprint density at radius 1 is 1.14 bits per heavy atom. The largest absolute Gasteiger partial charge is 0.493 e. The van der Waals surface area contributed by atoms with Crippen molar-refractivity contribution in [3.8, 4) is 5.75 Å². The van der Waals surface area contributed by atoms with E-state index in [1.807, 2.05) is 31.2 Å². The minimum Gasteiger partial charge on any atom is -0.493 e. The fourth-order valence-corrected chi connectivity index (χ4v) is 2.72. The molecule has 156 valence electrons. The molecule has 0 heterocycles. The average Bonchev–Trinajstić information content (AvgIpc) is 2.71. The Morgan fingerprint density at radius 2 is 1.86 bits per heavy atom. The predicted octanol–water partition coefficient (Wildman–Crippen LogP) is 3.64. The molecule has 0 radical (unpaired) electrons. The standard InChI is InChI=1S/C23H32N4O2/c1-5-25-23(26-14-18-7-6-8-20(13-18)22(24)28)27-17(4)19-9-11-21(12-10-19)29-15-16(2)3/h6-13,16-17H,5,14-15H2,1-4H3,(H2,24,28)(H2,25,26,27). The second-order valence-electron chi connectivity index (χ2n) is 7.40. The van der Waals surface area contributed by atoms with Crippen LogP contribution in [0.5, 0.6) is 5.75 Å². The van der Waals surface area contributed by atoms with Gasteiger partial charge >= 0.3 is 0 Å². The third kappa shape index (κ3) is 7.49. The van der Waals surface area contributed by atoms with E-state index >= 15 is 0 Å². The Bertz CT molecular complexity index is 816. The number of nitrogens with two attached hydrogens (primary N) is 1. The number of hydrogen-bond donors (Lipinski definition) is 3. The van der Waals surface area contributed by atoms with Gasteiger partial charge in [0.1, 0.15) is 5.75 Å². The molecule has 6 heteroatoms. The molecule has 0 aromatic heterocycles. The average molecular weight is 397 g/mol. The summed E-state index contributed by atoms with van der Waals surface area (Å²) in [6.07, 6.45) is 0. The summed E-state index contributed by atoms with van der Waals surface area (Å²) >= 11 is 0. The van der Waals surface area contributed by atoms with Crippen LogP contribution in [-0.4, -0.2) is 25.0 Å². The maximum Gasteiger partial charge on any atom is 0.248 e. The van der Waals surface area contributed by atoms with Crippen molar-refractivity contribution in [2.45, 2.75) is 40.3 Å². The minimum atomic E-state index is -0.435. The molecule has 0 aliphatic rings. The molecule has 1 unspecified atom stereocenters. The number of aliphatic imine (C=N–C) groups is 1. The van der Waals surface area contributed by atoms with E-state index in [4.69, 9.17) is 10.5 Å². The van der Waals surface area contributed by atoms with Crippen molar-refractivity contribution >= 4 is 11.9 Å². The molecule has 1 atom stereocenters. The third-order valence-electron chi connectivity index (χ3n) is 4.29. The molecule has 2 aromatic carbocycles. The van der Waals surface area contributed by atoms with Crippen LogP contribution in [0.25, 0.3) is 0 Å². The minimum absolute atomic E-state index is 0.0731. The van der Waals surface area contributed by atoms with E-state index < -0.39 is 5.91 Å². The van der Waals surface area contributed by atoms with E-state index in [1.165, 1.54) is 0 Å². The van der Waals surface area contributed by atoms with E-state index in [0.717, 1.165) is 23.4 Å².